The van der Waals surface area contributed by atoms with Gasteiger partial charge in [-0.2, -0.15) is 5.10 Å². The fourth-order valence-electron chi connectivity index (χ4n) is 5.21. The molecule has 0 unspecified atom stereocenters. The first-order valence-corrected chi connectivity index (χ1v) is 15.3. The lowest BCUT2D eigenvalue weighted by Gasteiger charge is -2.25. The van der Waals surface area contributed by atoms with Gasteiger partial charge in [-0.15, -0.1) is 0 Å². The van der Waals surface area contributed by atoms with Gasteiger partial charge in [0.25, 0.3) is 0 Å². The van der Waals surface area contributed by atoms with Crippen LogP contribution in [0.4, 0.5) is 17.2 Å². The Bertz CT molecular complexity index is 1710. The van der Waals surface area contributed by atoms with Gasteiger partial charge in [0.05, 0.1) is 23.4 Å². The molecule has 2 N–H and O–H groups in total. The molecule has 1 aliphatic rings. The second kappa shape index (κ2) is 11.5. The van der Waals surface area contributed by atoms with Crippen molar-refractivity contribution in [1.82, 2.24) is 10.2 Å². The van der Waals surface area contributed by atoms with Crippen molar-refractivity contribution in [1.29, 1.82) is 0 Å². The van der Waals surface area contributed by atoms with Gasteiger partial charge in [0.1, 0.15) is 0 Å². The summed E-state index contributed by atoms with van der Waals surface area (Å²) in [6.07, 6.45) is 0.788. The minimum absolute atomic E-state index is 0.148. The molecule has 208 valence electrons. The number of sulfonamides is 1. The van der Waals surface area contributed by atoms with E-state index in [0.717, 1.165) is 29.9 Å². The Hall–Kier alpha value is -4.63. The molecule has 4 aromatic carbocycles. The number of hydrogen-bond donors (Lipinski definition) is 2. The van der Waals surface area contributed by atoms with Gasteiger partial charge in [0.15, 0.2) is 5.82 Å². The maximum absolute atomic E-state index is 13.0. The van der Waals surface area contributed by atoms with Crippen LogP contribution in [0.2, 0.25) is 0 Å². The third-order valence-corrected chi connectivity index (χ3v) is 9.16. The standard InChI is InChI=1S/C32H31N5O3S/c38-31(33-32-29-21-28(16-17-30(29)34-35-32)37-18-7-19-41(37,39)40)20-24-12-14-27(15-13-24)36(22-25-8-3-1-4-9-25)23-26-10-5-2-6-11-26/h1-6,8-17,21H,7,18-20,22-23H2,(H2,33,34,35,38). The lowest BCUT2D eigenvalue weighted by molar-refractivity contribution is -0.115. The van der Waals surface area contributed by atoms with E-state index in [1.807, 2.05) is 24.3 Å². The number of rotatable bonds is 9. The second-order valence-electron chi connectivity index (χ2n) is 10.3. The number of carbonyl (C=O) groups excluding carboxylic acids is 1. The number of anilines is 3. The van der Waals surface area contributed by atoms with E-state index in [1.165, 1.54) is 15.4 Å². The molecule has 1 aliphatic heterocycles. The van der Waals surface area contributed by atoms with Crippen LogP contribution in [-0.2, 0) is 34.3 Å². The summed E-state index contributed by atoms with van der Waals surface area (Å²) in [5.41, 5.74) is 5.71. The summed E-state index contributed by atoms with van der Waals surface area (Å²) in [5, 5.41) is 10.8. The van der Waals surface area contributed by atoms with Crippen molar-refractivity contribution in [2.45, 2.75) is 25.9 Å². The van der Waals surface area contributed by atoms with Gasteiger partial charge in [-0.3, -0.25) is 14.2 Å². The molecule has 0 aliphatic carbocycles. The largest absolute Gasteiger partial charge is 0.363 e. The maximum Gasteiger partial charge on any atom is 0.235 e. The van der Waals surface area contributed by atoms with Crippen LogP contribution >= 0.6 is 0 Å². The Morgan fingerprint density at radius 3 is 2.12 bits per heavy atom. The Morgan fingerprint density at radius 1 is 0.854 bits per heavy atom. The highest BCUT2D eigenvalue weighted by atomic mass is 32.2. The molecule has 2 heterocycles. The minimum Gasteiger partial charge on any atom is -0.363 e. The molecule has 6 rings (SSSR count). The Morgan fingerprint density at radius 2 is 1.51 bits per heavy atom. The van der Waals surface area contributed by atoms with Gasteiger partial charge in [-0.1, -0.05) is 72.8 Å². The lowest BCUT2D eigenvalue weighted by atomic mass is 10.1. The van der Waals surface area contributed by atoms with Crippen molar-refractivity contribution in [2.24, 2.45) is 0 Å². The number of aromatic nitrogens is 2. The molecule has 1 fully saturated rings. The zero-order valence-electron chi connectivity index (χ0n) is 22.5. The molecule has 0 spiro atoms. The van der Waals surface area contributed by atoms with Crippen molar-refractivity contribution in [3.8, 4) is 0 Å². The van der Waals surface area contributed by atoms with Gasteiger partial charge in [-0.05, 0) is 53.4 Å². The normalized spacial score (nSPS) is 14.3. The number of H-pyrrole nitrogens is 1. The zero-order chi connectivity index (χ0) is 28.2. The number of fused-ring (bicyclic) bond motifs is 1. The van der Waals surface area contributed by atoms with E-state index in [1.54, 1.807) is 18.2 Å². The summed E-state index contributed by atoms with van der Waals surface area (Å²) in [6, 6.07) is 34.1. The first kappa shape index (κ1) is 26.6. The smallest absolute Gasteiger partial charge is 0.235 e. The van der Waals surface area contributed by atoms with Crippen molar-refractivity contribution in [3.05, 3.63) is 120 Å². The number of aromatic amines is 1. The molecular weight excluding hydrogens is 534 g/mol. The van der Waals surface area contributed by atoms with Crippen LogP contribution in [0.15, 0.2) is 103 Å². The summed E-state index contributed by atoms with van der Waals surface area (Å²) >= 11 is 0. The van der Waals surface area contributed by atoms with Gasteiger partial charge < -0.3 is 10.2 Å². The highest BCUT2D eigenvalue weighted by Crippen LogP contribution is 2.30. The summed E-state index contributed by atoms with van der Waals surface area (Å²) in [4.78, 5) is 15.3. The van der Waals surface area contributed by atoms with Crippen molar-refractivity contribution < 1.29 is 13.2 Å². The highest BCUT2D eigenvalue weighted by molar-refractivity contribution is 7.93. The van der Waals surface area contributed by atoms with Gasteiger partial charge in [0.2, 0.25) is 15.9 Å². The molecular formula is C32H31N5O3S. The summed E-state index contributed by atoms with van der Waals surface area (Å²) < 4.78 is 26.2. The molecule has 8 nitrogen and oxygen atoms in total. The molecule has 5 aromatic rings. The fourth-order valence-corrected chi connectivity index (χ4v) is 6.77. The first-order chi connectivity index (χ1) is 19.9. The van der Waals surface area contributed by atoms with E-state index in [2.05, 4.69) is 81.1 Å². The highest BCUT2D eigenvalue weighted by Gasteiger charge is 2.28. The fraction of sp³-hybridized carbons (Fsp3) is 0.188. The Labute approximate surface area is 239 Å². The average molecular weight is 566 g/mol. The van der Waals surface area contributed by atoms with E-state index in [0.29, 0.717) is 29.9 Å². The zero-order valence-corrected chi connectivity index (χ0v) is 23.3. The van der Waals surface area contributed by atoms with E-state index < -0.39 is 10.0 Å². The third-order valence-electron chi connectivity index (χ3n) is 7.29. The molecule has 0 radical (unpaired) electrons. The SMILES string of the molecule is O=C(Cc1ccc(N(Cc2ccccc2)Cc2ccccc2)cc1)Nc1n[nH]c2ccc(N3CCCS3(=O)=O)cc12. The van der Waals surface area contributed by atoms with E-state index in [-0.39, 0.29) is 18.1 Å². The van der Waals surface area contributed by atoms with Crippen LogP contribution in [0.25, 0.3) is 10.9 Å². The van der Waals surface area contributed by atoms with Crippen LogP contribution in [0, 0.1) is 0 Å². The average Bonchev–Trinajstić information content (AvgIpc) is 3.55. The quantitative estimate of drug-likeness (QED) is 0.246. The van der Waals surface area contributed by atoms with Crippen LogP contribution in [0.1, 0.15) is 23.1 Å². The van der Waals surface area contributed by atoms with Crippen molar-refractivity contribution in [3.63, 3.8) is 0 Å². The van der Waals surface area contributed by atoms with Gasteiger partial charge in [-0.25, -0.2) is 8.42 Å². The van der Waals surface area contributed by atoms with Crippen LogP contribution in [0.5, 0.6) is 0 Å². The minimum atomic E-state index is -3.30. The van der Waals surface area contributed by atoms with Crippen LogP contribution in [0.3, 0.4) is 0 Å². The van der Waals surface area contributed by atoms with Crippen molar-refractivity contribution >= 4 is 44.0 Å². The predicted molar refractivity (Wildman–Crippen MR) is 163 cm³/mol. The molecule has 0 atom stereocenters. The molecule has 1 saturated heterocycles. The number of benzene rings is 4. The molecule has 41 heavy (non-hydrogen) atoms. The third kappa shape index (κ3) is 6.10. The van der Waals surface area contributed by atoms with Crippen LogP contribution < -0.4 is 14.5 Å². The van der Waals surface area contributed by atoms with Crippen molar-refractivity contribution in [2.75, 3.05) is 26.8 Å². The van der Waals surface area contributed by atoms with E-state index >= 15 is 0 Å². The topological polar surface area (TPSA) is 98.4 Å². The van der Waals surface area contributed by atoms with Crippen LogP contribution in [-0.4, -0.2) is 36.8 Å². The summed E-state index contributed by atoms with van der Waals surface area (Å²) in [7, 11) is -3.30. The predicted octanol–water partition coefficient (Wildman–Crippen LogP) is 5.49. The Balaban J connectivity index is 1.16. The molecule has 1 aromatic heterocycles. The number of amides is 1. The first-order valence-electron chi connectivity index (χ1n) is 13.6. The van der Waals surface area contributed by atoms with E-state index in [9.17, 15) is 13.2 Å². The summed E-state index contributed by atoms with van der Waals surface area (Å²) in [5.74, 6) is 0.336. The molecule has 1 amide bonds. The Kier molecular flexibility index (Phi) is 7.43. The molecule has 0 bridgehead atoms. The van der Waals surface area contributed by atoms with Gasteiger partial charge in [0, 0.05) is 30.7 Å². The summed E-state index contributed by atoms with van der Waals surface area (Å²) in [6.45, 7) is 1.99. The number of nitrogens with one attached hydrogen (secondary N) is 2. The number of nitrogens with zero attached hydrogens (tertiary/aromatic N) is 3. The second-order valence-corrected chi connectivity index (χ2v) is 12.3. The maximum atomic E-state index is 13.0. The number of hydrogen-bond acceptors (Lipinski definition) is 5. The van der Waals surface area contributed by atoms with E-state index in [4.69, 9.17) is 0 Å². The number of carbonyl (C=O) groups is 1. The molecule has 0 saturated carbocycles. The monoisotopic (exact) mass is 565 g/mol. The lowest BCUT2D eigenvalue weighted by Crippen LogP contribution is -2.24. The molecule has 9 heteroatoms. The van der Waals surface area contributed by atoms with Gasteiger partial charge >= 0.3 is 0 Å².